The first-order chi connectivity index (χ1) is 12.9. The van der Waals surface area contributed by atoms with Gasteiger partial charge < -0.3 is 10.7 Å². The Kier molecular flexibility index (Phi) is 4.79. The first kappa shape index (κ1) is 18.5. The van der Waals surface area contributed by atoms with Crippen molar-refractivity contribution in [2.24, 2.45) is 10.7 Å². The number of fused-ring (bicyclic) bond motifs is 1. The number of hydrogen-bond acceptors (Lipinski definition) is 6. The number of nitrogens with zero attached hydrogens (tertiary/aromatic N) is 2. The predicted molar refractivity (Wildman–Crippen MR) is 115 cm³/mol. The van der Waals surface area contributed by atoms with E-state index in [1.54, 1.807) is 36.3 Å². The summed E-state index contributed by atoms with van der Waals surface area (Å²) in [6, 6.07) is 9.20. The van der Waals surface area contributed by atoms with Gasteiger partial charge in [-0.25, -0.2) is 8.42 Å². The number of benzene rings is 1. The molecule has 0 bridgehead atoms. The van der Waals surface area contributed by atoms with Gasteiger partial charge in [0.25, 0.3) is 10.0 Å². The van der Waals surface area contributed by atoms with Gasteiger partial charge in [0.1, 0.15) is 9.25 Å². The highest BCUT2D eigenvalue weighted by atomic mass is 32.2. The molecule has 0 saturated heterocycles. The van der Waals surface area contributed by atoms with Crippen LogP contribution >= 0.6 is 23.1 Å². The fraction of sp³-hybridized carbons (Fsp3) is 0.278. The maximum Gasteiger partial charge on any atom is 0.273 e. The zero-order chi connectivity index (χ0) is 19.2. The number of anilines is 1. The van der Waals surface area contributed by atoms with E-state index in [9.17, 15) is 8.42 Å². The molecule has 27 heavy (non-hydrogen) atoms. The maximum absolute atomic E-state index is 12.9. The Balaban J connectivity index is 1.79. The number of H-pyrrole nitrogens is 1. The zero-order valence-corrected chi connectivity index (χ0v) is 17.4. The number of hydrogen-bond donors (Lipinski definition) is 2. The fourth-order valence-electron chi connectivity index (χ4n) is 3.09. The van der Waals surface area contributed by atoms with Gasteiger partial charge in [-0.05, 0) is 36.1 Å². The second kappa shape index (κ2) is 6.97. The third-order valence-electron chi connectivity index (χ3n) is 4.65. The first-order valence-electron chi connectivity index (χ1n) is 8.48. The van der Waals surface area contributed by atoms with Crippen molar-refractivity contribution in [2.75, 3.05) is 24.4 Å². The van der Waals surface area contributed by atoms with Crippen molar-refractivity contribution in [2.45, 2.75) is 16.4 Å². The molecule has 9 heteroatoms. The number of nitrogens with two attached hydrogens (primary N) is 1. The standard InChI is InChI=1S/C18H20N4O2S3/c1-11-5-6-15(22(2)27(23,24)16-4-3-7-25-16)17-13(11)8-14(21-17)18-20-10-12(9-19)26-18/h3-8,12,21H,9-10,19H2,1-2H3. The lowest BCUT2D eigenvalue weighted by atomic mass is 10.1. The van der Waals surface area contributed by atoms with E-state index in [0.29, 0.717) is 28.2 Å². The molecule has 0 aliphatic carbocycles. The van der Waals surface area contributed by atoms with Gasteiger partial charge in [-0.1, -0.05) is 23.9 Å². The number of sulfonamides is 1. The topological polar surface area (TPSA) is 91.5 Å². The van der Waals surface area contributed by atoms with E-state index in [0.717, 1.165) is 27.2 Å². The highest BCUT2D eigenvalue weighted by molar-refractivity contribution is 8.15. The SMILES string of the molecule is Cc1ccc(N(C)S(=O)(=O)c2cccs2)c2[nH]c(C3=NCC(CN)S3)cc12. The highest BCUT2D eigenvalue weighted by Gasteiger charge is 2.26. The normalized spacial score (nSPS) is 17.4. The summed E-state index contributed by atoms with van der Waals surface area (Å²) < 4.78 is 27.6. The molecule has 2 aromatic heterocycles. The van der Waals surface area contributed by atoms with Crippen LogP contribution in [0.5, 0.6) is 0 Å². The van der Waals surface area contributed by atoms with Crippen LogP contribution in [0.2, 0.25) is 0 Å². The molecule has 6 nitrogen and oxygen atoms in total. The smallest absolute Gasteiger partial charge is 0.273 e. The molecule has 0 saturated carbocycles. The summed E-state index contributed by atoms with van der Waals surface area (Å²) in [5, 5.41) is 3.99. The van der Waals surface area contributed by atoms with Crippen LogP contribution in [0.3, 0.4) is 0 Å². The second-order valence-corrected chi connectivity index (χ2v) is 10.8. The van der Waals surface area contributed by atoms with Crippen LogP contribution in [0.15, 0.2) is 44.9 Å². The van der Waals surface area contributed by atoms with Crippen molar-refractivity contribution >= 4 is 54.8 Å². The molecule has 0 fully saturated rings. The molecule has 1 unspecified atom stereocenters. The summed E-state index contributed by atoms with van der Waals surface area (Å²) >= 11 is 2.88. The van der Waals surface area contributed by atoms with E-state index in [1.807, 2.05) is 25.1 Å². The van der Waals surface area contributed by atoms with E-state index in [1.165, 1.54) is 15.6 Å². The van der Waals surface area contributed by atoms with Crippen LogP contribution in [-0.2, 0) is 10.0 Å². The van der Waals surface area contributed by atoms with Gasteiger partial charge in [-0.2, -0.15) is 0 Å². The number of aryl methyl sites for hydroxylation is 1. The number of aromatic amines is 1. The van der Waals surface area contributed by atoms with Crippen LogP contribution in [0.4, 0.5) is 5.69 Å². The molecule has 1 aliphatic rings. The average molecular weight is 421 g/mol. The van der Waals surface area contributed by atoms with Crippen LogP contribution in [0.25, 0.3) is 10.9 Å². The van der Waals surface area contributed by atoms with E-state index in [4.69, 9.17) is 5.73 Å². The molecule has 4 rings (SSSR count). The van der Waals surface area contributed by atoms with Crippen molar-refractivity contribution < 1.29 is 8.42 Å². The number of thioether (sulfide) groups is 1. The molecule has 1 aromatic carbocycles. The number of nitrogens with one attached hydrogen (secondary N) is 1. The molecule has 142 valence electrons. The lowest BCUT2D eigenvalue weighted by molar-refractivity contribution is 0.596. The Labute approximate surface area is 166 Å². The van der Waals surface area contributed by atoms with Gasteiger partial charge in [-0.15, -0.1) is 11.3 Å². The fourth-order valence-corrected chi connectivity index (χ4v) is 6.40. The Morgan fingerprint density at radius 3 is 2.85 bits per heavy atom. The Morgan fingerprint density at radius 1 is 1.37 bits per heavy atom. The van der Waals surface area contributed by atoms with Gasteiger partial charge in [0.2, 0.25) is 0 Å². The highest BCUT2D eigenvalue weighted by Crippen LogP contribution is 2.35. The van der Waals surface area contributed by atoms with E-state index < -0.39 is 10.0 Å². The minimum Gasteiger partial charge on any atom is -0.351 e. The second-order valence-electron chi connectivity index (χ2n) is 6.40. The first-order valence-corrected chi connectivity index (χ1v) is 11.7. The third kappa shape index (κ3) is 3.18. The van der Waals surface area contributed by atoms with Crippen molar-refractivity contribution in [3.05, 3.63) is 47.0 Å². The number of aromatic nitrogens is 1. The van der Waals surface area contributed by atoms with Crippen molar-refractivity contribution in [1.82, 2.24) is 4.98 Å². The van der Waals surface area contributed by atoms with Crippen molar-refractivity contribution in [3.63, 3.8) is 0 Å². The van der Waals surface area contributed by atoms with Gasteiger partial charge >= 0.3 is 0 Å². The summed E-state index contributed by atoms with van der Waals surface area (Å²) in [6.45, 7) is 3.32. The molecule has 3 aromatic rings. The van der Waals surface area contributed by atoms with E-state index in [-0.39, 0.29) is 0 Å². The molecule has 3 N–H and O–H groups in total. The van der Waals surface area contributed by atoms with E-state index in [2.05, 4.69) is 9.98 Å². The van der Waals surface area contributed by atoms with Crippen LogP contribution in [0, 0.1) is 6.92 Å². The Morgan fingerprint density at radius 2 is 2.19 bits per heavy atom. The molecule has 0 spiro atoms. The number of aliphatic imine (C=N–C) groups is 1. The average Bonchev–Trinajstić information content (AvgIpc) is 3.40. The molecule has 3 heterocycles. The monoisotopic (exact) mass is 420 g/mol. The quantitative estimate of drug-likeness (QED) is 0.663. The van der Waals surface area contributed by atoms with Gasteiger partial charge in [0.15, 0.2) is 0 Å². The van der Waals surface area contributed by atoms with Gasteiger partial charge in [-0.3, -0.25) is 9.30 Å². The van der Waals surface area contributed by atoms with Crippen molar-refractivity contribution in [1.29, 1.82) is 0 Å². The molecular weight excluding hydrogens is 400 g/mol. The van der Waals surface area contributed by atoms with Crippen LogP contribution in [0.1, 0.15) is 11.3 Å². The van der Waals surface area contributed by atoms with Crippen LogP contribution in [-0.4, -0.2) is 43.8 Å². The molecule has 0 amide bonds. The number of rotatable bonds is 5. The van der Waals surface area contributed by atoms with Gasteiger partial charge in [0, 0.05) is 24.2 Å². The Hall–Kier alpha value is -1.81. The summed E-state index contributed by atoms with van der Waals surface area (Å²) in [5.74, 6) is 0. The predicted octanol–water partition coefficient (Wildman–Crippen LogP) is 3.18. The molecule has 1 aliphatic heterocycles. The minimum absolute atomic E-state index is 0.300. The summed E-state index contributed by atoms with van der Waals surface area (Å²) in [7, 11) is -2.01. The van der Waals surface area contributed by atoms with Crippen molar-refractivity contribution in [3.8, 4) is 0 Å². The number of thiophene rings is 1. The zero-order valence-electron chi connectivity index (χ0n) is 15.0. The summed E-state index contributed by atoms with van der Waals surface area (Å²) in [6.07, 6.45) is 0. The lowest BCUT2D eigenvalue weighted by Crippen LogP contribution is -2.26. The minimum atomic E-state index is -3.60. The third-order valence-corrected chi connectivity index (χ3v) is 9.04. The maximum atomic E-state index is 12.9. The van der Waals surface area contributed by atoms with Crippen LogP contribution < -0.4 is 10.0 Å². The Bertz CT molecular complexity index is 1120. The largest absolute Gasteiger partial charge is 0.351 e. The van der Waals surface area contributed by atoms with Gasteiger partial charge in [0.05, 0.1) is 23.4 Å². The molecule has 1 atom stereocenters. The molecule has 0 radical (unpaired) electrons. The molecular formula is C18H20N4O2S3. The summed E-state index contributed by atoms with van der Waals surface area (Å²) in [5.41, 5.74) is 9.16. The lowest BCUT2D eigenvalue weighted by Gasteiger charge is -2.19. The summed E-state index contributed by atoms with van der Waals surface area (Å²) in [4.78, 5) is 7.98. The van der Waals surface area contributed by atoms with E-state index >= 15 is 0 Å².